The highest BCUT2D eigenvalue weighted by molar-refractivity contribution is 5.91. The summed E-state index contributed by atoms with van der Waals surface area (Å²) in [6, 6.07) is 3.84. The van der Waals surface area contributed by atoms with Crippen LogP contribution in [0.15, 0.2) is 24.3 Å². The van der Waals surface area contributed by atoms with Gasteiger partial charge in [-0.15, -0.1) is 0 Å². The lowest BCUT2D eigenvalue weighted by Crippen LogP contribution is -2.59. The van der Waals surface area contributed by atoms with Crippen LogP contribution in [0.2, 0.25) is 0 Å². The van der Waals surface area contributed by atoms with Gasteiger partial charge in [0.25, 0.3) is 0 Å². The molecule has 2 heterocycles. The Morgan fingerprint density at radius 3 is 2.31 bits per heavy atom. The molecule has 10 heteroatoms. The van der Waals surface area contributed by atoms with Gasteiger partial charge in [0.15, 0.2) is 0 Å². The van der Waals surface area contributed by atoms with Crippen LogP contribution < -0.4 is 16.0 Å². The molecule has 2 fully saturated rings. The summed E-state index contributed by atoms with van der Waals surface area (Å²) in [5.41, 5.74) is 0.175. The van der Waals surface area contributed by atoms with Crippen LogP contribution in [0.3, 0.4) is 0 Å². The van der Waals surface area contributed by atoms with Crippen molar-refractivity contribution in [2.75, 3.05) is 20.1 Å². The lowest BCUT2D eigenvalue weighted by molar-refractivity contribution is -0.142. The van der Waals surface area contributed by atoms with E-state index < -0.39 is 29.5 Å². The summed E-state index contributed by atoms with van der Waals surface area (Å²) >= 11 is 0. The SMILES string of the molecule is CN[C@H](C)C(=O)N[C@H](C(=O)N1CC[C@@H]2[C@H]1[C@@H](C(=O)NCc1ccc(F)cc1)CN2C(C)=O)C(C)(C)C. The fourth-order valence-corrected chi connectivity index (χ4v) is 5.07. The summed E-state index contributed by atoms with van der Waals surface area (Å²) in [4.78, 5) is 55.5. The molecule has 0 spiro atoms. The largest absolute Gasteiger partial charge is 0.352 e. The molecule has 2 saturated heterocycles. The van der Waals surface area contributed by atoms with Gasteiger partial charge in [0.1, 0.15) is 11.9 Å². The van der Waals surface area contributed by atoms with Crippen LogP contribution >= 0.6 is 0 Å². The number of carbonyl (C=O) groups excluding carboxylic acids is 4. The molecule has 9 nitrogen and oxygen atoms in total. The Bertz CT molecular complexity index is 993. The van der Waals surface area contributed by atoms with Gasteiger partial charge in [0.05, 0.1) is 24.0 Å². The zero-order valence-electron chi connectivity index (χ0n) is 21.9. The number of amides is 4. The second kappa shape index (κ2) is 10.9. The molecular formula is C26H38FN5O4. The van der Waals surface area contributed by atoms with Crippen molar-refractivity contribution in [3.8, 4) is 0 Å². The van der Waals surface area contributed by atoms with Gasteiger partial charge in [0.2, 0.25) is 23.6 Å². The smallest absolute Gasteiger partial charge is 0.246 e. The van der Waals surface area contributed by atoms with Crippen LogP contribution in [0.1, 0.15) is 46.6 Å². The number of hydrogen-bond acceptors (Lipinski definition) is 5. The first-order chi connectivity index (χ1) is 16.8. The molecule has 2 aliphatic rings. The number of fused-ring (bicyclic) bond motifs is 1. The molecular weight excluding hydrogens is 465 g/mol. The minimum atomic E-state index is -0.797. The molecule has 4 amide bonds. The fourth-order valence-electron chi connectivity index (χ4n) is 5.07. The highest BCUT2D eigenvalue weighted by atomic mass is 19.1. The first-order valence-electron chi connectivity index (χ1n) is 12.4. The lowest BCUT2D eigenvalue weighted by atomic mass is 9.85. The van der Waals surface area contributed by atoms with Crippen molar-refractivity contribution < 1.29 is 23.6 Å². The van der Waals surface area contributed by atoms with Gasteiger partial charge in [-0.05, 0) is 43.5 Å². The highest BCUT2D eigenvalue weighted by Crippen LogP contribution is 2.37. The summed E-state index contributed by atoms with van der Waals surface area (Å²) in [6.45, 7) is 9.66. The van der Waals surface area contributed by atoms with E-state index in [9.17, 15) is 23.6 Å². The molecule has 0 radical (unpaired) electrons. The molecule has 2 aliphatic heterocycles. The number of halogens is 1. The third-order valence-corrected chi connectivity index (χ3v) is 7.26. The number of nitrogens with one attached hydrogen (secondary N) is 3. The monoisotopic (exact) mass is 503 g/mol. The maximum atomic E-state index is 13.9. The number of hydrogen-bond donors (Lipinski definition) is 3. The summed E-state index contributed by atoms with van der Waals surface area (Å²) in [5.74, 6) is -1.92. The van der Waals surface area contributed by atoms with Crippen LogP contribution in [0.5, 0.6) is 0 Å². The van der Waals surface area contributed by atoms with Gasteiger partial charge in [0, 0.05) is 26.6 Å². The van der Waals surface area contributed by atoms with Crippen molar-refractivity contribution in [2.45, 2.75) is 71.8 Å². The molecule has 0 saturated carbocycles. The van der Waals surface area contributed by atoms with Crippen molar-refractivity contribution in [2.24, 2.45) is 11.3 Å². The van der Waals surface area contributed by atoms with E-state index in [0.717, 1.165) is 5.56 Å². The van der Waals surface area contributed by atoms with Crippen LogP contribution in [-0.2, 0) is 25.7 Å². The third kappa shape index (κ3) is 5.86. The molecule has 1 aromatic rings. The van der Waals surface area contributed by atoms with E-state index in [1.54, 1.807) is 35.9 Å². The van der Waals surface area contributed by atoms with Gasteiger partial charge in [-0.3, -0.25) is 19.2 Å². The molecule has 198 valence electrons. The molecule has 1 aromatic carbocycles. The highest BCUT2D eigenvalue weighted by Gasteiger charge is 2.55. The Labute approximate surface area is 212 Å². The van der Waals surface area contributed by atoms with E-state index in [-0.39, 0.29) is 48.6 Å². The topological polar surface area (TPSA) is 111 Å². The molecule has 0 unspecified atom stereocenters. The second-order valence-corrected chi connectivity index (χ2v) is 10.8. The van der Waals surface area contributed by atoms with Crippen molar-refractivity contribution >= 4 is 23.6 Å². The Morgan fingerprint density at radius 2 is 1.75 bits per heavy atom. The third-order valence-electron chi connectivity index (χ3n) is 7.26. The minimum absolute atomic E-state index is 0.142. The quantitative estimate of drug-likeness (QED) is 0.515. The maximum Gasteiger partial charge on any atom is 0.246 e. The van der Waals surface area contributed by atoms with Gasteiger partial charge in [-0.1, -0.05) is 32.9 Å². The maximum absolute atomic E-state index is 13.9. The number of carbonyl (C=O) groups is 4. The van der Waals surface area contributed by atoms with Crippen LogP contribution in [0, 0.1) is 17.2 Å². The average Bonchev–Trinajstić information content (AvgIpc) is 3.41. The zero-order chi connectivity index (χ0) is 26.8. The normalized spacial score (nSPS) is 23.1. The molecule has 0 aliphatic carbocycles. The molecule has 36 heavy (non-hydrogen) atoms. The standard InChI is InChI=1S/C26H38FN5O4/c1-15(28-6)23(34)30-22(26(3,4)5)25(36)31-12-11-20-21(31)19(14-32(20)16(2)33)24(35)29-13-17-7-9-18(27)10-8-17/h7-10,15,19-22,28H,11-14H2,1-6H3,(H,29,35)(H,30,34)/t15-,19+,20-,21-,22-/m1/s1. The van der Waals surface area contributed by atoms with Gasteiger partial charge >= 0.3 is 0 Å². The number of likely N-dealkylation sites (tertiary alicyclic amines) is 2. The van der Waals surface area contributed by atoms with E-state index in [4.69, 9.17) is 0 Å². The van der Waals surface area contributed by atoms with Crippen molar-refractivity contribution in [1.82, 2.24) is 25.8 Å². The lowest BCUT2D eigenvalue weighted by Gasteiger charge is -2.37. The first kappa shape index (κ1) is 27.6. The summed E-state index contributed by atoms with van der Waals surface area (Å²) in [7, 11) is 1.67. The van der Waals surface area contributed by atoms with Crippen LogP contribution in [0.4, 0.5) is 4.39 Å². The first-order valence-corrected chi connectivity index (χ1v) is 12.4. The molecule has 3 rings (SSSR count). The molecule has 5 atom stereocenters. The Hall–Kier alpha value is -3.01. The van der Waals surface area contributed by atoms with Crippen molar-refractivity contribution in [1.29, 1.82) is 0 Å². The predicted molar refractivity (Wildman–Crippen MR) is 133 cm³/mol. The summed E-state index contributed by atoms with van der Waals surface area (Å²) < 4.78 is 13.2. The second-order valence-electron chi connectivity index (χ2n) is 10.8. The van der Waals surface area contributed by atoms with E-state index in [2.05, 4.69) is 16.0 Å². The van der Waals surface area contributed by atoms with Gasteiger partial charge in [-0.2, -0.15) is 0 Å². The average molecular weight is 504 g/mol. The Kier molecular flexibility index (Phi) is 8.38. The van der Waals surface area contributed by atoms with E-state index >= 15 is 0 Å². The van der Waals surface area contributed by atoms with E-state index in [0.29, 0.717) is 13.0 Å². The number of likely N-dealkylation sites (N-methyl/N-ethyl adjacent to an activating group) is 1. The van der Waals surface area contributed by atoms with Crippen LogP contribution in [0.25, 0.3) is 0 Å². The van der Waals surface area contributed by atoms with Gasteiger partial charge < -0.3 is 25.8 Å². The summed E-state index contributed by atoms with van der Waals surface area (Å²) in [5, 5.41) is 8.66. The Balaban J connectivity index is 1.83. The van der Waals surface area contributed by atoms with Crippen molar-refractivity contribution in [3.05, 3.63) is 35.6 Å². The molecule has 0 bridgehead atoms. The van der Waals surface area contributed by atoms with E-state index in [1.165, 1.54) is 19.1 Å². The van der Waals surface area contributed by atoms with E-state index in [1.807, 2.05) is 20.8 Å². The number of rotatable bonds is 7. The molecule has 0 aromatic heterocycles. The summed E-state index contributed by atoms with van der Waals surface area (Å²) in [6.07, 6.45) is 0.565. The predicted octanol–water partition coefficient (Wildman–Crippen LogP) is 1.03. The van der Waals surface area contributed by atoms with Gasteiger partial charge in [-0.25, -0.2) is 4.39 Å². The van der Waals surface area contributed by atoms with Crippen LogP contribution in [-0.4, -0.2) is 77.7 Å². The minimum Gasteiger partial charge on any atom is -0.352 e. The number of benzene rings is 1. The fraction of sp³-hybridized carbons (Fsp3) is 0.615. The van der Waals surface area contributed by atoms with Crippen molar-refractivity contribution in [3.63, 3.8) is 0 Å². The Morgan fingerprint density at radius 1 is 1.11 bits per heavy atom. The zero-order valence-corrected chi connectivity index (χ0v) is 21.9. The molecule has 3 N–H and O–H groups in total. The number of nitrogens with zero attached hydrogens (tertiary/aromatic N) is 2.